The number of allylic oxidation sites excluding steroid dienone is 2. The fraction of sp³-hybridized carbons (Fsp3) is 0.0800. The van der Waals surface area contributed by atoms with Crippen LogP contribution in [0.15, 0.2) is 114 Å². The molecular weight excluding hydrogens is 376 g/mol. The Bertz CT molecular complexity index is 1040. The normalized spacial score (nSPS) is 17.4. The van der Waals surface area contributed by atoms with Gasteiger partial charge in [0.2, 0.25) is 0 Å². The molecule has 30 heavy (non-hydrogen) atoms. The van der Waals surface area contributed by atoms with Crippen LogP contribution in [0.4, 0.5) is 0 Å². The lowest BCUT2D eigenvalue weighted by Crippen LogP contribution is -2.59. The van der Waals surface area contributed by atoms with Crippen LogP contribution >= 0.6 is 0 Å². The number of ketones is 1. The number of hydrogen-bond acceptors (Lipinski definition) is 5. The van der Waals surface area contributed by atoms with E-state index in [4.69, 9.17) is 20.9 Å². The third kappa shape index (κ3) is 3.83. The monoisotopic (exact) mass is 398 g/mol. The van der Waals surface area contributed by atoms with E-state index in [1.165, 1.54) is 0 Å². The van der Waals surface area contributed by atoms with Crippen LogP contribution in [0.5, 0.6) is 11.5 Å². The Morgan fingerprint density at radius 2 is 1.23 bits per heavy atom. The summed E-state index contributed by atoms with van der Waals surface area (Å²) >= 11 is 0. The lowest BCUT2D eigenvalue weighted by Gasteiger charge is -2.39. The molecule has 0 bridgehead atoms. The van der Waals surface area contributed by atoms with E-state index in [1.54, 1.807) is 60.7 Å². The minimum Gasteiger partial charge on any atom is -0.447 e. The molecule has 5 nitrogen and oxygen atoms in total. The first kappa shape index (κ1) is 19.5. The first-order valence-corrected chi connectivity index (χ1v) is 9.61. The maximum atomic E-state index is 13.0. The van der Waals surface area contributed by atoms with E-state index in [2.05, 4.69) is 0 Å². The average Bonchev–Trinajstić information content (AvgIpc) is 2.79. The number of ether oxygens (including phenoxy) is 2. The number of carbonyl (C=O) groups is 1. The maximum Gasteiger partial charge on any atom is 0.292 e. The molecule has 1 unspecified atom stereocenters. The summed E-state index contributed by atoms with van der Waals surface area (Å²) < 4.78 is 12.4. The van der Waals surface area contributed by atoms with E-state index in [0.717, 1.165) is 0 Å². The van der Waals surface area contributed by atoms with E-state index < -0.39 is 11.8 Å². The zero-order valence-electron chi connectivity index (χ0n) is 16.3. The Morgan fingerprint density at radius 1 is 0.767 bits per heavy atom. The Labute approximate surface area is 175 Å². The molecule has 4 rings (SSSR count). The first-order valence-electron chi connectivity index (χ1n) is 9.61. The summed E-state index contributed by atoms with van der Waals surface area (Å²) in [6.07, 6.45) is 3.28. The van der Waals surface area contributed by atoms with Crippen molar-refractivity contribution in [2.24, 2.45) is 11.5 Å². The Hall–Kier alpha value is -3.83. The number of carbonyl (C=O) groups excluding carboxylic acids is 1. The molecular formula is C25H22N2O3. The molecule has 0 radical (unpaired) electrons. The minimum atomic E-state index is -1.41. The third-order valence-electron chi connectivity index (χ3n) is 4.88. The Balaban J connectivity index is 1.72. The van der Waals surface area contributed by atoms with Crippen molar-refractivity contribution in [3.05, 3.63) is 120 Å². The Kier molecular flexibility index (Phi) is 5.37. The quantitative estimate of drug-likeness (QED) is 0.487. The first-order chi connectivity index (χ1) is 14.6. The lowest BCUT2D eigenvalue weighted by atomic mass is 9.89. The van der Waals surface area contributed by atoms with Crippen molar-refractivity contribution in [1.82, 2.24) is 0 Å². The molecule has 0 saturated carbocycles. The molecule has 0 saturated heterocycles. The molecule has 0 fully saturated rings. The second-order valence-electron chi connectivity index (χ2n) is 6.93. The van der Waals surface area contributed by atoms with E-state index in [9.17, 15) is 4.79 Å². The highest BCUT2D eigenvalue weighted by atomic mass is 16.7. The van der Waals surface area contributed by atoms with Gasteiger partial charge in [-0.15, -0.1) is 0 Å². The second kappa shape index (κ2) is 8.27. The number of rotatable bonds is 6. The van der Waals surface area contributed by atoms with Gasteiger partial charge in [-0.2, -0.15) is 0 Å². The summed E-state index contributed by atoms with van der Waals surface area (Å²) in [7, 11) is 0. The molecule has 1 atom stereocenters. The highest BCUT2D eigenvalue weighted by molar-refractivity contribution is 6.11. The maximum absolute atomic E-state index is 13.0. The van der Waals surface area contributed by atoms with Crippen molar-refractivity contribution in [2.75, 3.05) is 0 Å². The second-order valence-corrected chi connectivity index (χ2v) is 6.93. The van der Waals surface area contributed by atoms with Crippen LogP contribution in [0.3, 0.4) is 0 Å². The van der Waals surface area contributed by atoms with Crippen LogP contribution in [0.1, 0.15) is 10.4 Å². The summed E-state index contributed by atoms with van der Waals surface area (Å²) in [5.74, 6) is -0.473. The van der Waals surface area contributed by atoms with Gasteiger partial charge in [-0.05, 0) is 30.3 Å². The van der Waals surface area contributed by atoms with Gasteiger partial charge < -0.3 is 20.9 Å². The summed E-state index contributed by atoms with van der Waals surface area (Å²) in [5, 5.41) is 0. The fourth-order valence-corrected chi connectivity index (χ4v) is 3.30. The van der Waals surface area contributed by atoms with Gasteiger partial charge in [0.1, 0.15) is 17.5 Å². The lowest BCUT2D eigenvalue weighted by molar-refractivity contribution is -0.0833. The highest BCUT2D eigenvalue weighted by Gasteiger charge is 2.45. The SMILES string of the molecule is NC1=C(C(=O)c2ccccc2)C=CC(Oc2ccccc2)(Oc2ccccc2)C1N. The summed E-state index contributed by atoms with van der Waals surface area (Å²) in [4.78, 5) is 13.0. The van der Waals surface area contributed by atoms with Crippen LogP contribution in [0, 0.1) is 0 Å². The van der Waals surface area contributed by atoms with Crippen LogP contribution in [0.2, 0.25) is 0 Å². The van der Waals surface area contributed by atoms with Crippen molar-refractivity contribution in [1.29, 1.82) is 0 Å². The van der Waals surface area contributed by atoms with E-state index in [0.29, 0.717) is 22.6 Å². The topological polar surface area (TPSA) is 87.6 Å². The van der Waals surface area contributed by atoms with Crippen LogP contribution < -0.4 is 20.9 Å². The Morgan fingerprint density at radius 3 is 1.73 bits per heavy atom. The molecule has 3 aromatic rings. The summed E-state index contributed by atoms with van der Waals surface area (Å²) in [6.45, 7) is 0. The molecule has 5 heteroatoms. The zero-order chi connectivity index (χ0) is 21.0. The van der Waals surface area contributed by atoms with E-state index in [1.807, 2.05) is 42.5 Å². The molecule has 0 aliphatic heterocycles. The van der Waals surface area contributed by atoms with Crippen molar-refractivity contribution in [3.8, 4) is 11.5 Å². The number of para-hydroxylation sites is 2. The number of Topliss-reactive ketones (excluding diaryl/α,β-unsaturated/α-hetero) is 1. The van der Waals surface area contributed by atoms with E-state index in [-0.39, 0.29) is 11.5 Å². The molecule has 0 spiro atoms. The smallest absolute Gasteiger partial charge is 0.292 e. The van der Waals surface area contributed by atoms with Gasteiger partial charge in [0, 0.05) is 22.9 Å². The van der Waals surface area contributed by atoms with Crippen LogP contribution in [-0.2, 0) is 0 Å². The molecule has 0 heterocycles. The highest BCUT2D eigenvalue weighted by Crippen LogP contribution is 2.33. The largest absolute Gasteiger partial charge is 0.447 e. The molecule has 4 N–H and O–H groups in total. The van der Waals surface area contributed by atoms with Crippen LogP contribution in [0.25, 0.3) is 0 Å². The zero-order valence-corrected chi connectivity index (χ0v) is 16.3. The van der Waals surface area contributed by atoms with Crippen molar-refractivity contribution in [3.63, 3.8) is 0 Å². The van der Waals surface area contributed by atoms with E-state index >= 15 is 0 Å². The number of nitrogens with two attached hydrogens (primary N) is 2. The third-order valence-corrected chi connectivity index (χ3v) is 4.88. The van der Waals surface area contributed by atoms with Crippen LogP contribution in [-0.4, -0.2) is 17.6 Å². The van der Waals surface area contributed by atoms with Gasteiger partial charge in [-0.25, -0.2) is 0 Å². The molecule has 0 amide bonds. The van der Waals surface area contributed by atoms with Gasteiger partial charge in [-0.1, -0.05) is 66.7 Å². The van der Waals surface area contributed by atoms with Gasteiger partial charge in [0.15, 0.2) is 5.78 Å². The summed E-state index contributed by atoms with van der Waals surface area (Å²) in [6, 6.07) is 26.4. The van der Waals surface area contributed by atoms with Crippen molar-refractivity contribution in [2.45, 2.75) is 11.8 Å². The predicted octanol–water partition coefficient (Wildman–Crippen LogP) is 3.83. The minimum absolute atomic E-state index is 0.201. The fourth-order valence-electron chi connectivity index (χ4n) is 3.30. The van der Waals surface area contributed by atoms with Gasteiger partial charge in [0.25, 0.3) is 5.79 Å². The number of benzene rings is 3. The molecule has 150 valence electrons. The molecule has 1 aliphatic rings. The van der Waals surface area contributed by atoms with Crippen molar-refractivity contribution >= 4 is 5.78 Å². The van der Waals surface area contributed by atoms with Gasteiger partial charge in [0.05, 0.1) is 0 Å². The average molecular weight is 398 g/mol. The molecule has 0 aromatic heterocycles. The molecule has 1 aliphatic carbocycles. The number of hydrogen-bond donors (Lipinski definition) is 2. The van der Waals surface area contributed by atoms with Gasteiger partial charge in [-0.3, -0.25) is 4.79 Å². The van der Waals surface area contributed by atoms with Crippen molar-refractivity contribution < 1.29 is 14.3 Å². The standard InChI is InChI=1S/C25H22N2O3/c26-22-21(23(28)18-10-4-1-5-11-18)16-17-25(24(22)27,29-19-12-6-2-7-13-19)30-20-14-8-3-9-15-20/h1-17,24H,26-27H2. The summed E-state index contributed by atoms with van der Waals surface area (Å²) in [5.41, 5.74) is 14.0. The predicted molar refractivity (Wildman–Crippen MR) is 116 cm³/mol. The van der Waals surface area contributed by atoms with Gasteiger partial charge >= 0.3 is 0 Å². The molecule has 3 aromatic carbocycles.